The normalized spacial score (nSPS) is 25.2. The zero-order chi connectivity index (χ0) is 41.3. The van der Waals surface area contributed by atoms with Crippen LogP contribution in [0.25, 0.3) is 0 Å². The summed E-state index contributed by atoms with van der Waals surface area (Å²) in [5.41, 5.74) is 0.935. The minimum Gasteiger partial charge on any atom is -0.489 e. The summed E-state index contributed by atoms with van der Waals surface area (Å²) < 4.78 is 52.1. The molecule has 0 aromatic heterocycles. The summed E-state index contributed by atoms with van der Waals surface area (Å²) in [6, 6.07) is 0. The summed E-state index contributed by atoms with van der Waals surface area (Å²) in [4.78, 5) is 25.5. The molecule has 4 aliphatic rings. The van der Waals surface area contributed by atoms with E-state index in [1.54, 1.807) is 0 Å². The molecule has 0 bridgehead atoms. The molecule has 11 nitrogen and oxygen atoms in total. The lowest BCUT2D eigenvalue weighted by atomic mass is 10.0. The smallest absolute Gasteiger partial charge is 0.330 e. The summed E-state index contributed by atoms with van der Waals surface area (Å²) in [7, 11) is 0. The first-order valence-corrected chi connectivity index (χ1v) is 23.6. The quantitative estimate of drug-likeness (QED) is 0.0407. The lowest BCUT2D eigenvalue weighted by molar-refractivity contribution is -0.163. The van der Waals surface area contributed by atoms with Crippen molar-refractivity contribution in [1.82, 2.24) is 0 Å². The van der Waals surface area contributed by atoms with Gasteiger partial charge in [-0.05, 0) is 133 Å². The van der Waals surface area contributed by atoms with Crippen molar-refractivity contribution in [2.75, 3.05) is 52.9 Å². The third kappa shape index (κ3) is 24.5. The number of cyclic esters (lactones) is 1. The van der Waals surface area contributed by atoms with Crippen LogP contribution < -0.4 is 0 Å². The van der Waals surface area contributed by atoms with Crippen LogP contribution in [0, 0.1) is 0 Å². The molecule has 3 fully saturated rings. The highest BCUT2D eigenvalue weighted by atomic mass is 16.7. The number of ether oxygens (including phenoxy) is 9. The molecule has 0 spiro atoms. The number of allylic oxidation sites excluding steroid dienone is 5. The van der Waals surface area contributed by atoms with Gasteiger partial charge in [-0.3, -0.25) is 0 Å². The van der Waals surface area contributed by atoms with Crippen LogP contribution in [-0.2, 0) is 52.2 Å². The van der Waals surface area contributed by atoms with Crippen molar-refractivity contribution < 1.29 is 52.2 Å². The second-order valence-corrected chi connectivity index (χ2v) is 16.3. The predicted molar refractivity (Wildman–Crippen MR) is 228 cm³/mol. The van der Waals surface area contributed by atoms with Crippen LogP contribution in [0.15, 0.2) is 47.8 Å². The van der Waals surface area contributed by atoms with Crippen LogP contribution in [0.2, 0.25) is 0 Å². The molecule has 0 saturated carbocycles. The molecule has 4 heterocycles. The van der Waals surface area contributed by atoms with E-state index < -0.39 is 18.0 Å². The first-order chi connectivity index (χ1) is 29.2. The monoisotopic (exact) mass is 831 g/mol. The number of rotatable bonds is 29. The van der Waals surface area contributed by atoms with Crippen molar-refractivity contribution in [2.45, 2.75) is 192 Å². The van der Waals surface area contributed by atoms with E-state index in [0.717, 1.165) is 180 Å². The Morgan fingerprint density at radius 3 is 1.61 bits per heavy atom. The van der Waals surface area contributed by atoms with Crippen LogP contribution in [0.5, 0.6) is 0 Å². The molecule has 0 radical (unpaired) electrons. The zero-order valence-electron chi connectivity index (χ0n) is 36.3. The molecule has 336 valence electrons. The Morgan fingerprint density at radius 1 is 0.576 bits per heavy atom. The summed E-state index contributed by atoms with van der Waals surface area (Å²) >= 11 is 0. The molecule has 11 heteroatoms. The van der Waals surface area contributed by atoms with Crippen molar-refractivity contribution in [3.8, 4) is 0 Å². The number of unbranched alkanes of at least 4 members (excludes halogenated alkanes) is 13. The van der Waals surface area contributed by atoms with Gasteiger partial charge < -0.3 is 42.6 Å². The molecule has 59 heavy (non-hydrogen) atoms. The van der Waals surface area contributed by atoms with Crippen molar-refractivity contribution in [3.63, 3.8) is 0 Å². The highest BCUT2D eigenvalue weighted by Crippen LogP contribution is 2.22. The Balaban J connectivity index is 1.17. The van der Waals surface area contributed by atoms with Gasteiger partial charge in [-0.15, -0.1) is 0 Å². The maximum atomic E-state index is 12.8. The number of hydrogen-bond donors (Lipinski definition) is 0. The van der Waals surface area contributed by atoms with Crippen molar-refractivity contribution in [3.05, 3.63) is 47.8 Å². The van der Waals surface area contributed by atoms with Gasteiger partial charge in [-0.25, -0.2) is 9.59 Å². The number of hydrogen-bond acceptors (Lipinski definition) is 11. The number of carbonyl (C=O) groups is 2. The molecule has 0 N–H and O–H groups in total. The van der Waals surface area contributed by atoms with Crippen LogP contribution >= 0.6 is 0 Å². The number of esters is 2. The predicted octanol–water partition coefficient (Wildman–Crippen LogP) is 10.7. The van der Waals surface area contributed by atoms with Gasteiger partial charge in [0.05, 0.1) is 0 Å². The fourth-order valence-corrected chi connectivity index (χ4v) is 7.53. The van der Waals surface area contributed by atoms with Gasteiger partial charge in [-0.1, -0.05) is 63.5 Å². The Hall–Kier alpha value is -2.54. The molecule has 4 atom stereocenters. The van der Waals surface area contributed by atoms with E-state index >= 15 is 0 Å². The first-order valence-electron chi connectivity index (χ1n) is 23.6. The van der Waals surface area contributed by atoms with Gasteiger partial charge in [-0.2, -0.15) is 0 Å². The molecule has 3 saturated heterocycles. The Kier molecular flexibility index (Phi) is 27.6. The fraction of sp³-hybridized carbons (Fsp3) is 0.792. The summed E-state index contributed by atoms with van der Waals surface area (Å²) in [5.74, 6) is -0.211. The maximum Gasteiger partial charge on any atom is 0.330 e. The van der Waals surface area contributed by atoms with Gasteiger partial charge >= 0.3 is 11.9 Å². The van der Waals surface area contributed by atoms with E-state index in [1.807, 2.05) is 18.2 Å². The molecule has 0 aromatic carbocycles. The minimum absolute atomic E-state index is 0.00748. The summed E-state index contributed by atoms with van der Waals surface area (Å²) in [6.45, 7) is 4.68. The Labute approximate surface area is 355 Å². The van der Waals surface area contributed by atoms with Gasteiger partial charge in [0.25, 0.3) is 0 Å². The average molecular weight is 831 g/mol. The van der Waals surface area contributed by atoms with E-state index in [4.69, 9.17) is 42.6 Å². The second kappa shape index (κ2) is 33.1. The van der Waals surface area contributed by atoms with Crippen molar-refractivity contribution in [2.24, 2.45) is 0 Å². The van der Waals surface area contributed by atoms with E-state index in [9.17, 15) is 9.59 Å². The second-order valence-electron chi connectivity index (χ2n) is 16.3. The molecule has 4 unspecified atom stereocenters. The molecular formula is C48H78O11. The lowest BCUT2D eigenvalue weighted by Gasteiger charge is -2.22. The van der Waals surface area contributed by atoms with E-state index in [0.29, 0.717) is 12.4 Å². The summed E-state index contributed by atoms with van der Waals surface area (Å²) in [6.07, 6.45) is 37.5. The molecule has 4 rings (SSSR count). The standard InChI is InChI=1S/C48H78O11/c49-44-32-31-41(25-13-9-12-21-35-53-48-30-18-24-38-56-48)43(26-14-7-3-1-5-10-19-33-51-46-28-16-22-36-54-46)57-39-42(40-58-44)59-45(50)27-15-8-4-2-6-11-20-34-52-47-29-17-23-37-55-47/h14-15,26-27,31-32,42,46-48H,1-13,16-25,28-30,33-40H2/b26-14+,27-15+,32-31+,43-41-. The molecule has 4 aliphatic heterocycles. The maximum absolute atomic E-state index is 12.8. The molecular weight excluding hydrogens is 753 g/mol. The molecule has 0 aliphatic carbocycles. The first kappa shape index (κ1) is 49.1. The lowest BCUT2D eigenvalue weighted by Crippen LogP contribution is -2.29. The Bertz CT molecular complexity index is 1210. The topological polar surface area (TPSA) is 117 Å². The minimum atomic E-state index is -0.727. The largest absolute Gasteiger partial charge is 0.489 e. The average Bonchev–Trinajstić information content (AvgIpc) is 3.26. The molecule has 0 amide bonds. The SMILES string of the molecule is O=C1/C=C/C(CCCCCCOC2CCCCO2)=C(/C=C/CCCCCCCOC2CCCCO2)OCC(OC(=O)/C=C/CCCCCCCOC2CCCCO2)CO1. The van der Waals surface area contributed by atoms with Crippen LogP contribution in [0.1, 0.15) is 167 Å². The highest BCUT2D eigenvalue weighted by Gasteiger charge is 2.20. The third-order valence-electron chi connectivity index (χ3n) is 11.1. The van der Waals surface area contributed by atoms with E-state index in [2.05, 4.69) is 6.08 Å². The summed E-state index contributed by atoms with van der Waals surface area (Å²) in [5, 5.41) is 0. The van der Waals surface area contributed by atoms with E-state index in [1.165, 1.54) is 37.8 Å². The molecule has 0 aromatic rings. The zero-order valence-corrected chi connectivity index (χ0v) is 36.3. The fourth-order valence-electron chi connectivity index (χ4n) is 7.53. The van der Waals surface area contributed by atoms with Gasteiger partial charge in [0, 0.05) is 51.8 Å². The van der Waals surface area contributed by atoms with Gasteiger partial charge in [0.2, 0.25) is 0 Å². The van der Waals surface area contributed by atoms with Gasteiger partial charge in [0.1, 0.15) is 19.0 Å². The van der Waals surface area contributed by atoms with Gasteiger partial charge in [0.15, 0.2) is 25.0 Å². The number of carbonyl (C=O) groups excluding carboxylic acids is 2. The highest BCUT2D eigenvalue weighted by molar-refractivity contribution is 5.83. The van der Waals surface area contributed by atoms with Crippen LogP contribution in [0.4, 0.5) is 0 Å². The van der Waals surface area contributed by atoms with Crippen molar-refractivity contribution >= 4 is 11.9 Å². The van der Waals surface area contributed by atoms with E-state index in [-0.39, 0.29) is 32.1 Å². The Morgan fingerprint density at radius 2 is 1.07 bits per heavy atom. The van der Waals surface area contributed by atoms with Crippen LogP contribution in [0.3, 0.4) is 0 Å². The van der Waals surface area contributed by atoms with Crippen LogP contribution in [-0.4, -0.2) is 89.8 Å². The van der Waals surface area contributed by atoms with Crippen molar-refractivity contribution in [1.29, 1.82) is 0 Å². The third-order valence-corrected chi connectivity index (χ3v) is 11.1.